The van der Waals surface area contributed by atoms with E-state index in [-0.39, 0.29) is 17.2 Å². The van der Waals surface area contributed by atoms with Crippen molar-refractivity contribution in [3.05, 3.63) is 69.3 Å². The van der Waals surface area contributed by atoms with Crippen LogP contribution in [0.15, 0.2) is 42.5 Å². The fourth-order valence-electron chi connectivity index (χ4n) is 3.10. The van der Waals surface area contributed by atoms with Crippen molar-refractivity contribution in [1.82, 2.24) is 4.90 Å². The van der Waals surface area contributed by atoms with Crippen LogP contribution in [0, 0.1) is 17.0 Å². The highest BCUT2D eigenvalue weighted by Crippen LogP contribution is 2.23. The largest absolute Gasteiger partial charge is 0.338 e. The molecule has 0 saturated carbocycles. The molecular formula is C19H19N3O4. The summed E-state index contributed by atoms with van der Waals surface area (Å²) in [6, 6.07) is 11.7. The fraction of sp³-hybridized carbons (Fsp3) is 0.263. The molecule has 134 valence electrons. The molecule has 0 unspecified atom stereocenters. The quantitative estimate of drug-likeness (QED) is 0.659. The van der Waals surface area contributed by atoms with E-state index in [0.29, 0.717) is 24.2 Å². The molecule has 0 aromatic heterocycles. The molecule has 26 heavy (non-hydrogen) atoms. The average Bonchev–Trinajstić information content (AvgIpc) is 3.00. The van der Waals surface area contributed by atoms with Gasteiger partial charge in [0.1, 0.15) is 0 Å². The van der Waals surface area contributed by atoms with E-state index in [4.69, 9.17) is 0 Å². The van der Waals surface area contributed by atoms with Crippen LogP contribution in [0.25, 0.3) is 0 Å². The summed E-state index contributed by atoms with van der Waals surface area (Å²) in [5, 5.41) is 13.8. The molecular weight excluding hydrogens is 334 g/mol. The number of nitrogens with zero attached hydrogens (tertiary/aromatic N) is 2. The van der Waals surface area contributed by atoms with E-state index < -0.39 is 10.8 Å². The van der Waals surface area contributed by atoms with E-state index in [1.54, 1.807) is 24.0 Å². The number of likely N-dealkylation sites (tertiary alicyclic amines) is 1. The summed E-state index contributed by atoms with van der Waals surface area (Å²) in [5.74, 6) is -0.257. The molecule has 2 amide bonds. The topological polar surface area (TPSA) is 92.6 Å². The van der Waals surface area contributed by atoms with Crippen molar-refractivity contribution in [3.63, 3.8) is 0 Å². The zero-order valence-corrected chi connectivity index (χ0v) is 14.4. The molecule has 3 rings (SSSR count). The molecule has 1 saturated heterocycles. The Morgan fingerprint density at radius 2 is 2.04 bits per heavy atom. The van der Waals surface area contributed by atoms with Crippen LogP contribution in [0.1, 0.15) is 34.3 Å². The van der Waals surface area contributed by atoms with Crippen LogP contribution in [-0.4, -0.2) is 28.2 Å². The van der Waals surface area contributed by atoms with Gasteiger partial charge in [-0.2, -0.15) is 0 Å². The van der Waals surface area contributed by atoms with Gasteiger partial charge in [-0.15, -0.1) is 0 Å². The monoisotopic (exact) mass is 353 g/mol. The van der Waals surface area contributed by atoms with Gasteiger partial charge in [-0.1, -0.05) is 18.2 Å². The van der Waals surface area contributed by atoms with Crippen LogP contribution in [0.2, 0.25) is 0 Å². The standard InChI is InChI=1S/C19H19N3O4/c1-13-16(7-3-8-17(13)22(25)26)19(24)20-15-6-2-5-14(11-15)12-21-10-4-9-18(21)23/h2-3,5-8,11H,4,9-10,12H2,1H3,(H,20,24). The molecule has 1 heterocycles. The van der Waals surface area contributed by atoms with Gasteiger partial charge in [-0.3, -0.25) is 19.7 Å². The molecule has 0 aliphatic carbocycles. The highest BCUT2D eigenvalue weighted by molar-refractivity contribution is 6.05. The van der Waals surface area contributed by atoms with E-state index in [1.807, 2.05) is 18.2 Å². The molecule has 1 fully saturated rings. The minimum atomic E-state index is -0.500. The van der Waals surface area contributed by atoms with Gasteiger partial charge in [0, 0.05) is 42.4 Å². The summed E-state index contributed by atoms with van der Waals surface area (Å²) in [7, 11) is 0. The summed E-state index contributed by atoms with van der Waals surface area (Å²) in [6.07, 6.45) is 1.46. The van der Waals surface area contributed by atoms with Gasteiger partial charge in [-0.05, 0) is 37.1 Å². The number of hydrogen-bond acceptors (Lipinski definition) is 4. The predicted octanol–water partition coefficient (Wildman–Crippen LogP) is 3.28. The van der Waals surface area contributed by atoms with Crippen molar-refractivity contribution in [2.24, 2.45) is 0 Å². The summed E-state index contributed by atoms with van der Waals surface area (Å²) in [5.41, 5.74) is 2.02. The maximum Gasteiger partial charge on any atom is 0.273 e. The lowest BCUT2D eigenvalue weighted by atomic mass is 10.1. The molecule has 0 radical (unpaired) electrons. The molecule has 7 heteroatoms. The van der Waals surface area contributed by atoms with Gasteiger partial charge in [0.2, 0.25) is 5.91 Å². The second kappa shape index (κ2) is 7.35. The molecule has 2 aromatic rings. The molecule has 2 aromatic carbocycles. The lowest BCUT2D eigenvalue weighted by Gasteiger charge is -2.16. The van der Waals surface area contributed by atoms with Crippen molar-refractivity contribution in [1.29, 1.82) is 0 Å². The van der Waals surface area contributed by atoms with Crippen LogP contribution < -0.4 is 5.32 Å². The number of nitro benzene ring substituents is 1. The zero-order valence-electron chi connectivity index (χ0n) is 14.4. The number of anilines is 1. The molecule has 1 N–H and O–H groups in total. The predicted molar refractivity (Wildman–Crippen MR) is 96.9 cm³/mol. The summed E-state index contributed by atoms with van der Waals surface area (Å²) < 4.78 is 0. The molecule has 0 atom stereocenters. The van der Waals surface area contributed by atoms with Gasteiger partial charge in [0.25, 0.3) is 11.6 Å². The van der Waals surface area contributed by atoms with Crippen LogP contribution in [0.5, 0.6) is 0 Å². The van der Waals surface area contributed by atoms with E-state index >= 15 is 0 Å². The van der Waals surface area contributed by atoms with Crippen LogP contribution in [0.4, 0.5) is 11.4 Å². The molecule has 0 bridgehead atoms. The lowest BCUT2D eigenvalue weighted by Crippen LogP contribution is -2.23. The Bertz CT molecular complexity index is 879. The third kappa shape index (κ3) is 3.72. The minimum Gasteiger partial charge on any atom is -0.338 e. The minimum absolute atomic E-state index is 0.0843. The van der Waals surface area contributed by atoms with E-state index in [0.717, 1.165) is 18.5 Å². The van der Waals surface area contributed by atoms with Gasteiger partial charge in [0.05, 0.1) is 4.92 Å². The smallest absolute Gasteiger partial charge is 0.273 e. The SMILES string of the molecule is Cc1c(C(=O)Nc2cccc(CN3CCCC3=O)c2)cccc1[N+](=O)[O-]. The number of nitrogens with one attached hydrogen (secondary N) is 1. The number of benzene rings is 2. The summed E-state index contributed by atoms with van der Waals surface area (Å²) >= 11 is 0. The van der Waals surface area contributed by atoms with Gasteiger partial charge in [-0.25, -0.2) is 0 Å². The second-order valence-corrected chi connectivity index (χ2v) is 6.28. The fourth-order valence-corrected chi connectivity index (χ4v) is 3.10. The maximum atomic E-state index is 12.5. The lowest BCUT2D eigenvalue weighted by molar-refractivity contribution is -0.385. The van der Waals surface area contributed by atoms with Crippen LogP contribution in [0.3, 0.4) is 0 Å². The van der Waals surface area contributed by atoms with E-state index in [2.05, 4.69) is 5.32 Å². The highest BCUT2D eigenvalue weighted by Gasteiger charge is 2.21. The van der Waals surface area contributed by atoms with Gasteiger partial charge < -0.3 is 10.2 Å². The number of carbonyl (C=O) groups excluding carboxylic acids is 2. The average molecular weight is 353 g/mol. The van der Waals surface area contributed by atoms with Crippen LogP contribution in [-0.2, 0) is 11.3 Å². The number of amides is 2. The normalized spacial score (nSPS) is 13.7. The first-order valence-corrected chi connectivity index (χ1v) is 8.38. The highest BCUT2D eigenvalue weighted by atomic mass is 16.6. The van der Waals surface area contributed by atoms with Gasteiger partial charge >= 0.3 is 0 Å². The Labute approximate surface area is 150 Å². The third-order valence-corrected chi connectivity index (χ3v) is 4.48. The first-order chi connectivity index (χ1) is 12.5. The maximum absolute atomic E-state index is 12.5. The first kappa shape index (κ1) is 17.6. The Morgan fingerprint density at radius 3 is 2.73 bits per heavy atom. The van der Waals surface area contributed by atoms with Crippen molar-refractivity contribution in [3.8, 4) is 0 Å². The van der Waals surface area contributed by atoms with Gasteiger partial charge in [0.15, 0.2) is 0 Å². The molecule has 1 aliphatic rings. The van der Waals surface area contributed by atoms with Crippen molar-refractivity contribution < 1.29 is 14.5 Å². The number of nitro groups is 1. The summed E-state index contributed by atoms with van der Waals surface area (Å²) in [4.78, 5) is 36.6. The Hall–Kier alpha value is -3.22. The van der Waals surface area contributed by atoms with Crippen molar-refractivity contribution in [2.75, 3.05) is 11.9 Å². The van der Waals surface area contributed by atoms with E-state index in [1.165, 1.54) is 12.1 Å². The molecule has 7 nitrogen and oxygen atoms in total. The third-order valence-electron chi connectivity index (χ3n) is 4.48. The van der Waals surface area contributed by atoms with Crippen LogP contribution >= 0.6 is 0 Å². The Kier molecular flexibility index (Phi) is 4.97. The Morgan fingerprint density at radius 1 is 1.27 bits per heavy atom. The number of carbonyl (C=O) groups is 2. The molecule has 1 aliphatic heterocycles. The number of hydrogen-bond donors (Lipinski definition) is 1. The summed E-state index contributed by atoms with van der Waals surface area (Å²) in [6.45, 7) is 2.82. The zero-order chi connectivity index (χ0) is 18.7. The van der Waals surface area contributed by atoms with E-state index in [9.17, 15) is 19.7 Å². The number of rotatable bonds is 5. The van der Waals surface area contributed by atoms with Crippen molar-refractivity contribution in [2.45, 2.75) is 26.3 Å². The molecule has 0 spiro atoms. The Balaban J connectivity index is 1.76. The second-order valence-electron chi connectivity index (χ2n) is 6.28. The first-order valence-electron chi connectivity index (χ1n) is 8.38. The van der Waals surface area contributed by atoms with Crippen molar-refractivity contribution >= 4 is 23.2 Å².